The number of nitriles is 1. The van der Waals surface area contributed by atoms with Crippen molar-refractivity contribution in [3.05, 3.63) is 28.8 Å². The van der Waals surface area contributed by atoms with E-state index < -0.39 is 5.54 Å². The summed E-state index contributed by atoms with van der Waals surface area (Å²) >= 11 is 6.13. The molecule has 1 aliphatic carbocycles. The number of carbonyl (C=O) groups is 2. The van der Waals surface area contributed by atoms with Gasteiger partial charge in [0.15, 0.2) is 0 Å². The number of rotatable bonds is 7. The fraction of sp³-hybridized carbons (Fsp3) is 0.550. The molecule has 8 heteroatoms. The molecule has 0 unspecified atom stereocenters. The molecular weight excluding hydrogens is 382 g/mol. The molecule has 0 aromatic heterocycles. The minimum atomic E-state index is -0.630. The largest absolute Gasteiger partial charge is 0.492 e. The van der Waals surface area contributed by atoms with Gasteiger partial charge in [-0.1, -0.05) is 11.6 Å². The minimum absolute atomic E-state index is 0.103. The number of likely N-dealkylation sites (tertiary alicyclic amines) is 1. The van der Waals surface area contributed by atoms with E-state index in [1.807, 2.05) is 11.0 Å². The number of hydrogen-bond acceptors (Lipinski definition) is 5. The summed E-state index contributed by atoms with van der Waals surface area (Å²) in [5, 5.41) is 21.4. The lowest BCUT2D eigenvalue weighted by Crippen LogP contribution is -2.61. The number of piperidine rings is 1. The van der Waals surface area contributed by atoms with Gasteiger partial charge in [0.25, 0.3) is 0 Å². The van der Waals surface area contributed by atoms with Crippen molar-refractivity contribution in [3.8, 4) is 11.8 Å². The number of ether oxygens (including phenoxy) is 1. The van der Waals surface area contributed by atoms with Crippen LogP contribution in [0.5, 0.6) is 5.75 Å². The SMILES string of the molecule is N#Cc1ccc(OCC2CCN(C(=O)[C@H]3C[C@@](CO)(NC=O)C3)CC2)c(Cl)c1. The van der Waals surface area contributed by atoms with Crippen LogP contribution in [0.4, 0.5) is 0 Å². The highest BCUT2D eigenvalue weighted by molar-refractivity contribution is 6.32. The van der Waals surface area contributed by atoms with Gasteiger partial charge in [-0.2, -0.15) is 5.26 Å². The normalized spacial score (nSPS) is 24.8. The molecule has 1 saturated heterocycles. The van der Waals surface area contributed by atoms with E-state index in [1.54, 1.807) is 18.2 Å². The van der Waals surface area contributed by atoms with Gasteiger partial charge in [0.05, 0.1) is 35.4 Å². The Morgan fingerprint density at radius 3 is 2.71 bits per heavy atom. The molecule has 1 aliphatic heterocycles. The number of aliphatic hydroxyl groups is 1. The zero-order valence-corrected chi connectivity index (χ0v) is 16.3. The highest BCUT2D eigenvalue weighted by Gasteiger charge is 2.48. The Morgan fingerprint density at radius 2 is 2.14 bits per heavy atom. The number of halogens is 1. The molecule has 3 rings (SSSR count). The van der Waals surface area contributed by atoms with Crippen LogP contribution in [-0.4, -0.2) is 54.2 Å². The van der Waals surface area contributed by atoms with Gasteiger partial charge in [-0.25, -0.2) is 0 Å². The maximum Gasteiger partial charge on any atom is 0.225 e. The molecule has 0 atom stereocenters. The molecule has 0 radical (unpaired) electrons. The third kappa shape index (κ3) is 4.40. The maximum atomic E-state index is 12.6. The molecule has 1 aromatic rings. The third-order valence-corrected chi connectivity index (χ3v) is 6.05. The fourth-order valence-corrected chi connectivity index (χ4v) is 4.18. The van der Waals surface area contributed by atoms with Gasteiger partial charge in [0.1, 0.15) is 5.75 Å². The first kappa shape index (κ1) is 20.4. The summed E-state index contributed by atoms with van der Waals surface area (Å²) in [6.07, 6.45) is 3.26. The van der Waals surface area contributed by atoms with Crippen LogP contribution in [0.1, 0.15) is 31.2 Å². The second kappa shape index (κ2) is 8.80. The Balaban J connectivity index is 1.43. The smallest absolute Gasteiger partial charge is 0.225 e. The summed E-state index contributed by atoms with van der Waals surface area (Å²) in [6.45, 7) is 1.73. The summed E-state index contributed by atoms with van der Waals surface area (Å²) in [7, 11) is 0. The van der Waals surface area contributed by atoms with Crippen LogP contribution in [0, 0.1) is 23.2 Å². The van der Waals surface area contributed by atoms with Crippen molar-refractivity contribution < 1.29 is 19.4 Å². The molecule has 150 valence electrons. The van der Waals surface area contributed by atoms with E-state index in [0.29, 0.717) is 61.2 Å². The Bertz CT molecular complexity index is 765. The summed E-state index contributed by atoms with van der Waals surface area (Å²) < 4.78 is 5.81. The van der Waals surface area contributed by atoms with Crippen LogP contribution < -0.4 is 10.1 Å². The number of aliphatic hydroxyl groups excluding tert-OH is 1. The van der Waals surface area contributed by atoms with Gasteiger partial charge in [-0.3, -0.25) is 9.59 Å². The maximum absolute atomic E-state index is 12.6. The van der Waals surface area contributed by atoms with Gasteiger partial charge in [0, 0.05) is 19.0 Å². The zero-order valence-electron chi connectivity index (χ0n) is 15.6. The molecule has 2 amide bonds. The summed E-state index contributed by atoms with van der Waals surface area (Å²) in [5.41, 5.74) is -0.136. The quantitative estimate of drug-likeness (QED) is 0.672. The third-order valence-electron chi connectivity index (χ3n) is 5.75. The standard InChI is InChI=1S/C20H24ClN3O4/c21-17-7-15(10-22)1-2-18(17)28-11-14-3-5-24(6-4-14)19(27)16-8-20(9-16,12-25)23-13-26/h1-2,7,13-14,16,25H,3-6,8-9,11-12H2,(H,23,26)/t16-,20+. The number of amides is 2. The van der Waals surface area contributed by atoms with Gasteiger partial charge in [-0.15, -0.1) is 0 Å². The Morgan fingerprint density at radius 1 is 1.43 bits per heavy atom. The van der Waals surface area contributed by atoms with Crippen molar-refractivity contribution in [2.24, 2.45) is 11.8 Å². The van der Waals surface area contributed by atoms with E-state index in [-0.39, 0.29) is 18.4 Å². The highest BCUT2D eigenvalue weighted by atomic mass is 35.5. The first-order valence-corrected chi connectivity index (χ1v) is 9.81. The van der Waals surface area contributed by atoms with Crippen LogP contribution in [0.2, 0.25) is 5.02 Å². The summed E-state index contributed by atoms with van der Waals surface area (Å²) in [5.74, 6) is 0.873. The molecule has 7 nitrogen and oxygen atoms in total. The Hall–Kier alpha value is -2.30. The highest BCUT2D eigenvalue weighted by Crippen LogP contribution is 2.39. The van der Waals surface area contributed by atoms with Crippen molar-refractivity contribution in [1.29, 1.82) is 5.26 Å². The topological polar surface area (TPSA) is 103 Å². The molecule has 2 aliphatic rings. The van der Waals surface area contributed by atoms with Crippen molar-refractivity contribution in [2.45, 2.75) is 31.2 Å². The Labute approximate surface area is 169 Å². The van der Waals surface area contributed by atoms with E-state index in [4.69, 9.17) is 21.6 Å². The van der Waals surface area contributed by atoms with Crippen molar-refractivity contribution >= 4 is 23.9 Å². The minimum Gasteiger partial charge on any atom is -0.492 e. The zero-order chi connectivity index (χ0) is 20.1. The number of benzene rings is 1. The predicted molar refractivity (Wildman–Crippen MR) is 103 cm³/mol. The van der Waals surface area contributed by atoms with Crippen LogP contribution in [0.15, 0.2) is 18.2 Å². The molecule has 0 spiro atoms. The van der Waals surface area contributed by atoms with Crippen molar-refractivity contribution in [3.63, 3.8) is 0 Å². The fourth-order valence-electron chi connectivity index (χ4n) is 3.95. The summed E-state index contributed by atoms with van der Waals surface area (Å²) in [6, 6.07) is 7.00. The van der Waals surface area contributed by atoms with E-state index in [2.05, 4.69) is 5.32 Å². The number of nitrogens with one attached hydrogen (secondary N) is 1. The molecular formula is C20H24ClN3O4. The van der Waals surface area contributed by atoms with Gasteiger partial charge >= 0.3 is 0 Å². The molecule has 1 aromatic carbocycles. The molecule has 1 saturated carbocycles. The lowest BCUT2D eigenvalue weighted by Gasteiger charge is -2.47. The lowest BCUT2D eigenvalue weighted by molar-refractivity contribution is -0.145. The van der Waals surface area contributed by atoms with Gasteiger partial charge in [-0.05, 0) is 49.8 Å². The first-order chi connectivity index (χ1) is 13.5. The number of hydrogen-bond donors (Lipinski definition) is 2. The monoisotopic (exact) mass is 405 g/mol. The lowest BCUT2D eigenvalue weighted by atomic mass is 9.68. The van der Waals surface area contributed by atoms with Crippen LogP contribution in [0.25, 0.3) is 0 Å². The van der Waals surface area contributed by atoms with E-state index in [9.17, 15) is 14.7 Å². The molecule has 2 fully saturated rings. The van der Waals surface area contributed by atoms with Crippen LogP contribution in [-0.2, 0) is 9.59 Å². The van der Waals surface area contributed by atoms with Crippen molar-refractivity contribution in [2.75, 3.05) is 26.3 Å². The molecule has 1 heterocycles. The number of nitrogens with zero attached hydrogens (tertiary/aromatic N) is 2. The van der Waals surface area contributed by atoms with Crippen LogP contribution in [0.3, 0.4) is 0 Å². The van der Waals surface area contributed by atoms with E-state index >= 15 is 0 Å². The molecule has 2 N–H and O–H groups in total. The van der Waals surface area contributed by atoms with Crippen LogP contribution >= 0.6 is 11.6 Å². The first-order valence-electron chi connectivity index (χ1n) is 9.43. The van der Waals surface area contributed by atoms with Gasteiger partial charge in [0.2, 0.25) is 12.3 Å². The second-order valence-electron chi connectivity index (χ2n) is 7.64. The van der Waals surface area contributed by atoms with Crippen molar-refractivity contribution in [1.82, 2.24) is 10.2 Å². The van der Waals surface area contributed by atoms with E-state index in [0.717, 1.165) is 12.8 Å². The number of carbonyl (C=O) groups excluding carboxylic acids is 2. The molecule has 0 bridgehead atoms. The average Bonchev–Trinajstić information content (AvgIpc) is 2.69. The summed E-state index contributed by atoms with van der Waals surface area (Å²) in [4.78, 5) is 25.2. The predicted octanol–water partition coefficient (Wildman–Crippen LogP) is 1.72. The van der Waals surface area contributed by atoms with Gasteiger partial charge < -0.3 is 20.1 Å². The Kier molecular flexibility index (Phi) is 6.42. The van der Waals surface area contributed by atoms with E-state index in [1.165, 1.54) is 0 Å². The molecule has 28 heavy (non-hydrogen) atoms. The average molecular weight is 406 g/mol. The second-order valence-corrected chi connectivity index (χ2v) is 8.05.